The molecule has 0 bridgehead atoms. The van der Waals surface area contributed by atoms with Crippen LogP contribution in [0.3, 0.4) is 0 Å². The first-order valence-electron chi connectivity index (χ1n) is 8.04. The van der Waals surface area contributed by atoms with Gasteiger partial charge in [-0.2, -0.15) is 0 Å². The molecular formula is C19H20N2O4S. The monoisotopic (exact) mass is 372 g/mol. The van der Waals surface area contributed by atoms with E-state index in [2.05, 4.69) is 5.32 Å². The Morgan fingerprint density at radius 1 is 1.19 bits per heavy atom. The van der Waals surface area contributed by atoms with E-state index in [-0.39, 0.29) is 5.56 Å². The molecule has 0 saturated heterocycles. The summed E-state index contributed by atoms with van der Waals surface area (Å²) in [4.78, 5) is 25.0. The first-order valence-corrected chi connectivity index (χ1v) is 8.45. The molecule has 2 rings (SSSR count). The number of carboxylic acids is 1. The van der Waals surface area contributed by atoms with Crippen molar-refractivity contribution >= 4 is 35.0 Å². The van der Waals surface area contributed by atoms with Gasteiger partial charge in [0.15, 0.2) is 0 Å². The van der Waals surface area contributed by atoms with Crippen LogP contribution in [0.5, 0.6) is 5.75 Å². The third-order valence-corrected chi connectivity index (χ3v) is 3.95. The van der Waals surface area contributed by atoms with E-state index in [0.717, 1.165) is 0 Å². The molecule has 0 aliphatic carbocycles. The molecule has 2 aromatic rings. The van der Waals surface area contributed by atoms with E-state index < -0.39 is 12.1 Å². The predicted molar refractivity (Wildman–Crippen MR) is 104 cm³/mol. The number of benzene rings is 2. The fourth-order valence-corrected chi connectivity index (χ4v) is 2.48. The molecule has 136 valence electrons. The van der Waals surface area contributed by atoms with E-state index in [1.165, 1.54) is 4.90 Å². The van der Waals surface area contributed by atoms with Gasteiger partial charge in [-0.15, -0.1) is 0 Å². The number of amides is 1. The van der Waals surface area contributed by atoms with Crippen LogP contribution in [0.4, 0.5) is 10.5 Å². The summed E-state index contributed by atoms with van der Waals surface area (Å²) < 4.78 is 5.28. The van der Waals surface area contributed by atoms with E-state index in [1.54, 1.807) is 55.6 Å². The van der Waals surface area contributed by atoms with Crippen LogP contribution >= 0.6 is 12.2 Å². The lowest BCUT2D eigenvalue weighted by molar-refractivity contribution is 0.0696. The van der Waals surface area contributed by atoms with Crippen molar-refractivity contribution in [3.8, 4) is 5.75 Å². The Morgan fingerprint density at radius 2 is 1.92 bits per heavy atom. The van der Waals surface area contributed by atoms with Crippen LogP contribution in [0.25, 0.3) is 0 Å². The van der Waals surface area contributed by atoms with Gasteiger partial charge in [0.1, 0.15) is 5.75 Å². The van der Waals surface area contributed by atoms with Crippen LogP contribution in [-0.4, -0.2) is 40.6 Å². The SMILES string of the molecule is CCN(C)C(=O)Oc1cccc(NC(=S)Cc2ccccc2C(=O)O)c1. The highest BCUT2D eigenvalue weighted by Crippen LogP contribution is 2.19. The lowest BCUT2D eigenvalue weighted by Gasteiger charge is -2.15. The zero-order valence-electron chi connectivity index (χ0n) is 14.6. The van der Waals surface area contributed by atoms with Crippen molar-refractivity contribution in [3.05, 3.63) is 59.7 Å². The predicted octanol–water partition coefficient (Wildman–Crippen LogP) is 3.82. The van der Waals surface area contributed by atoms with E-state index in [1.807, 2.05) is 6.92 Å². The van der Waals surface area contributed by atoms with Crippen molar-refractivity contribution in [2.45, 2.75) is 13.3 Å². The molecule has 0 aliphatic rings. The largest absolute Gasteiger partial charge is 0.478 e. The van der Waals surface area contributed by atoms with Gasteiger partial charge in [-0.1, -0.05) is 36.5 Å². The molecule has 0 heterocycles. The van der Waals surface area contributed by atoms with Crippen molar-refractivity contribution < 1.29 is 19.4 Å². The van der Waals surface area contributed by atoms with Gasteiger partial charge in [0, 0.05) is 31.8 Å². The lowest BCUT2D eigenvalue weighted by atomic mass is 10.0. The molecule has 26 heavy (non-hydrogen) atoms. The third-order valence-electron chi connectivity index (χ3n) is 3.71. The maximum atomic E-state index is 11.8. The van der Waals surface area contributed by atoms with Gasteiger partial charge in [-0.25, -0.2) is 9.59 Å². The zero-order chi connectivity index (χ0) is 19.1. The second-order valence-electron chi connectivity index (χ2n) is 5.60. The molecule has 0 radical (unpaired) electrons. The van der Waals surface area contributed by atoms with Gasteiger partial charge < -0.3 is 20.1 Å². The average Bonchev–Trinajstić information content (AvgIpc) is 2.61. The van der Waals surface area contributed by atoms with E-state index in [0.29, 0.717) is 35.0 Å². The maximum Gasteiger partial charge on any atom is 0.414 e. The molecule has 2 aromatic carbocycles. The molecular weight excluding hydrogens is 352 g/mol. The number of carbonyl (C=O) groups excluding carboxylic acids is 1. The number of ether oxygens (including phenoxy) is 1. The number of anilines is 1. The summed E-state index contributed by atoms with van der Waals surface area (Å²) in [5.41, 5.74) is 1.51. The van der Waals surface area contributed by atoms with Crippen molar-refractivity contribution in [1.82, 2.24) is 4.90 Å². The summed E-state index contributed by atoms with van der Waals surface area (Å²) in [6.07, 6.45) is -0.150. The van der Waals surface area contributed by atoms with Crippen molar-refractivity contribution in [2.75, 3.05) is 18.9 Å². The molecule has 0 aromatic heterocycles. The second kappa shape index (κ2) is 8.96. The molecule has 7 heteroatoms. The van der Waals surface area contributed by atoms with Crippen LogP contribution in [0, 0.1) is 0 Å². The standard InChI is InChI=1S/C19H20N2O4S/c1-3-21(2)19(24)25-15-9-6-8-14(12-15)20-17(26)11-13-7-4-5-10-16(13)18(22)23/h4-10,12H,3,11H2,1-2H3,(H,20,26)(H,22,23). The number of hydrogen-bond donors (Lipinski definition) is 2. The van der Waals surface area contributed by atoms with Crippen LogP contribution in [-0.2, 0) is 6.42 Å². The van der Waals surface area contributed by atoms with Crippen LogP contribution in [0.2, 0.25) is 0 Å². The minimum atomic E-state index is -0.989. The van der Waals surface area contributed by atoms with Gasteiger partial charge in [0.2, 0.25) is 0 Å². The molecule has 0 saturated carbocycles. The molecule has 0 atom stereocenters. The zero-order valence-corrected chi connectivity index (χ0v) is 15.4. The molecule has 0 spiro atoms. The van der Waals surface area contributed by atoms with E-state index in [4.69, 9.17) is 17.0 Å². The number of carboxylic acid groups (broad SMARTS) is 1. The maximum absolute atomic E-state index is 11.8. The van der Waals surface area contributed by atoms with E-state index in [9.17, 15) is 14.7 Å². The van der Waals surface area contributed by atoms with Crippen molar-refractivity contribution in [2.24, 2.45) is 0 Å². The van der Waals surface area contributed by atoms with Crippen molar-refractivity contribution in [3.63, 3.8) is 0 Å². The Balaban J connectivity index is 2.05. The van der Waals surface area contributed by atoms with Crippen LogP contribution < -0.4 is 10.1 Å². The van der Waals surface area contributed by atoms with Gasteiger partial charge in [-0.05, 0) is 30.7 Å². The Bertz CT molecular complexity index is 823. The molecule has 0 fully saturated rings. The number of thiocarbonyl (C=S) groups is 1. The molecule has 0 aliphatic heterocycles. The average molecular weight is 372 g/mol. The third kappa shape index (κ3) is 5.29. The Morgan fingerprint density at radius 3 is 2.62 bits per heavy atom. The summed E-state index contributed by atoms with van der Waals surface area (Å²) in [6.45, 7) is 2.40. The van der Waals surface area contributed by atoms with Gasteiger partial charge in [0.25, 0.3) is 0 Å². The fourth-order valence-electron chi connectivity index (χ4n) is 2.21. The smallest absolute Gasteiger partial charge is 0.414 e. The lowest BCUT2D eigenvalue weighted by Crippen LogP contribution is -2.29. The van der Waals surface area contributed by atoms with Crippen LogP contribution in [0.1, 0.15) is 22.8 Å². The summed E-state index contributed by atoms with van der Waals surface area (Å²) >= 11 is 5.34. The van der Waals surface area contributed by atoms with Crippen molar-refractivity contribution in [1.29, 1.82) is 0 Å². The normalized spacial score (nSPS) is 10.1. The highest BCUT2D eigenvalue weighted by atomic mass is 32.1. The molecule has 0 unspecified atom stereocenters. The van der Waals surface area contributed by atoms with Crippen LogP contribution in [0.15, 0.2) is 48.5 Å². The Hall–Kier alpha value is -2.93. The minimum absolute atomic E-state index is 0.224. The topological polar surface area (TPSA) is 78.9 Å². The Labute approximate surface area is 157 Å². The number of rotatable bonds is 6. The summed E-state index contributed by atoms with van der Waals surface area (Å²) in [5.74, 6) is -0.591. The highest BCUT2D eigenvalue weighted by Gasteiger charge is 2.12. The number of nitrogens with one attached hydrogen (secondary N) is 1. The van der Waals surface area contributed by atoms with E-state index >= 15 is 0 Å². The molecule has 2 N–H and O–H groups in total. The summed E-state index contributed by atoms with van der Waals surface area (Å²) in [6, 6.07) is 13.6. The highest BCUT2D eigenvalue weighted by molar-refractivity contribution is 7.80. The number of hydrogen-bond acceptors (Lipinski definition) is 4. The molecule has 6 nitrogen and oxygen atoms in total. The summed E-state index contributed by atoms with van der Waals surface area (Å²) in [7, 11) is 1.65. The number of nitrogens with zero attached hydrogens (tertiary/aromatic N) is 1. The fraction of sp³-hybridized carbons (Fsp3) is 0.211. The minimum Gasteiger partial charge on any atom is -0.478 e. The van der Waals surface area contributed by atoms with Gasteiger partial charge >= 0.3 is 12.1 Å². The summed E-state index contributed by atoms with van der Waals surface area (Å²) in [5, 5.41) is 12.3. The van der Waals surface area contributed by atoms with Gasteiger partial charge in [-0.3, -0.25) is 0 Å². The first kappa shape index (κ1) is 19.4. The number of carbonyl (C=O) groups is 2. The number of aromatic carboxylic acids is 1. The van der Waals surface area contributed by atoms with Gasteiger partial charge in [0.05, 0.1) is 10.6 Å². The quantitative estimate of drug-likeness (QED) is 0.751. The molecule has 1 amide bonds. The Kier molecular flexibility index (Phi) is 6.68. The first-order chi connectivity index (χ1) is 12.4. The second-order valence-corrected chi connectivity index (χ2v) is 6.09.